The van der Waals surface area contributed by atoms with Gasteiger partial charge in [0.25, 0.3) is 0 Å². The highest BCUT2D eigenvalue weighted by molar-refractivity contribution is 7.22. The first-order valence-corrected chi connectivity index (χ1v) is 7.51. The summed E-state index contributed by atoms with van der Waals surface area (Å²) in [6.45, 7) is 2.02. The predicted molar refractivity (Wildman–Crippen MR) is 88.5 cm³/mol. The monoisotopic (exact) mass is 317 g/mol. The van der Waals surface area contributed by atoms with Gasteiger partial charge in [0.1, 0.15) is 0 Å². The molecule has 6 heteroatoms. The number of thiazole rings is 1. The molecule has 0 saturated heterocycles. The molecule has 0 aliphatic heterocycles. The Morgan fingerprint density at radius 1 is 1.19 bits per heavy atom. The smallest absolute Gasteiger partial charge is 0.306 e. The van der Waals surface area contributed by atoms with Gasteiger partial charge in [-0.15, -0.1) is 0 Å². The number of carbonyl (C=O) groups excluding carboxylic acids is 1. The summed E-state index contributed by atoms with van der Waals surface area (Å²) in [6.07, 6.45) is 0. The van der Waals surface area contributed by atoms with Gasteiger partial charge in [-0.25, -0.2) is 9.78 Å². The maximum atomic E-state index is 12.0. The number of halogens is 1. The summed E-state index contributed by atoms with van der Waals surface area (Å²) >= 11 is 7.44. The maximum absolute atomic E-state index is 12.0. The van der Waals surface area contributed by atoms with Gasteiger partial charge in [0.05, 0.1) is 20.9 Å². The SMILES string of the molecule is Cc1ccc2nc(NC(=O)Nc3ccccc3Cl)sc2c1. The van der Waals surface area contributed by atoms with Gasteiger partial charge in [-0.2, -0.15) is 0 Å². The lowest BCUT2D eigenvalue weighted by molar-refractivity contribution is 0.262. The van der Waals surface area contributed by atoms with Crippen molar-refractivity contribution in [1.29, 1.82) is 0 Å². The largest absolute Gasteiger partial charge is 0.325 e. The Morgan fingerprint density at radius 3 is 2.81 bits per heavy atom. The van der Waals surface area contributed by atoms with E-state index in [1.54, 1.807) is 18.2 Å². The fourth-order valence-corrected chi connectivity index (χ4v) is 3.04. The highest BCUT2D eigenvalue weighted by Crippen LogP contribution is 2.27. The Kier molecular flexibility index (Phi) is 3.77. The zero-order valence-corrected chi connectivity index (χ0v) is 12.8. The van der Waals surface area contributed by atoms with E-state index in [0.29, 0.717) is 15.8 Å². The molecule has 0 saturated carbocycles. The van der Waals surface area contributed by atoms with E-state index in [1.165, 1.54) is 16.9 Å². The van der Waals surface area contributed by atoms with E-state index in [0.717, 1.165) is 10.2 Å². The molecular weight excluding hydrogens is 306 g/mol. The second kappa shape index (κ2) is 5.71. The molecule has 3 aromatic rings. The molecule has 21 heavy (non-hydrogen) atoms. The molecule has 2 N–H and O–H groups in total. The minimum absolute atomic E-state index is 0.362. The Bertz CT molecular complexity index is 816. The van der Waals surface area contributed by atoms with E-state index in [2.05, 4.69) is 15.6 Å². The molecule has 1 heterocycles. The van der Waals surface area contributed by atoms with Gasteiger partial charge in [-0.05, 0) is 36.8 Å². The molecule has 0 radical (unpaired) electrons. The first-order valence-electron chi connectivity index (χ1n) is 6.31. The van der Waals surface area contributed by atoms with Gasteiger partial charge in [0, 0.05) is 0 Å². The molecule has 0 aliphatic rings. The Labute approximate surface area is 130 Å². The molecule has 1 aromatic heterocycles. The summed E-state index contributed by atoms with van der Waals surface area (Å²) < 4.78 is 1.04. The van der Waals surface area contributed by atoms with Crippen molar-refractivity contribution in [2.24, 2.45) is 0 Å². The number of rotatable bonds is 2. The number of anilines is 2. The van der Waals surface area contributed by atoms with Crippen molar-refractivity contribution in [3.05, 3.63) is 53.1 Å². The quantitative estimate of drug-likeness (QED) is 0.706. The van der Waals surface area contributed by atoms with Crippen LogP contribution in [0.25, 0.3) is 10.2 Å². The molecule has 0 fully saturated rings. The molecule has 0 spiro atoms. The van der Waals surface area contributed by atoms with Crippen molar-refractivity contribution in [3.8, 4) is 0 Å². The third kappa shape index (κ3) is 3.15. The fourth-order valence-electron chi connectivity index (χ4n) is 1.90. The average Bonchev–Trinajstić information content (AvgIpc) is 2.82. The maximum Gasteiger partial charge on any atom is 0.325 e. The van der Waals surface area contributed by atoms with Crippen molar-refractivity contribution >= 4 is 50.0 Å². The van der Waals surface area contributed by atoms with Crippen molar-refractivity contribution in [1.82, 2.24) is 4.98 Å². The minimum atomic E-state index is -0.362. The van der Waals surface area contributed by atoms with Crippen molar-refractivity contribution in [3.63, 3.8) is 0 Å². The third-order valence-corrected chi connectivity index (χ3v) is 4.15. The van der Waals surface area contributed by atoms with Gasteiger partial charge >= 0.3 is 6.03 Å². The number of aryl methyl sites for hydroxylation is 1. The normalized spacial score (nSPS) is 10.6. The Balaban J connectivity index is 1.75. The second-order valence-corrected chi connectivity index (χ2v) is 5.99. The fraction of sp³-hybridized carbons (Fsp3) is 0.0667. The summed E-state index contributed by atoms with van der Waals surface area (Å²) in [5, 5.41) is 6.47. The van der Waals surface area contributed by atoms with Crippen LogP contribution in [0.15, 0.2) is 42.5 Å². The third-order valence-electron chi connectivity index (χ3n) is 2.89. The number of carbonyl (C=O) groups is 1. The zero-order valence-electron chi connectivity index (χ0n) is 11.2. The van der Waals surface area contributed by atoms with E-state index in [1.807, 2.05) is 31.2 Å². The number of aromatic nitrogens is 1. The van der Waals surface area contributed by atoms with Crippen LogP contribution in [0.4, 0.5) is 15.6 Å². The van der Waals surface area contributed by atoms with E-state index in [4.69, 9.17) is 11.6 Å². The lowest BCUT2D eigenvalue weighted by Gasteiger charge is -2.06. The zero-order chi connectivity index (χ0) is 14.8. The molecule has 2 aromatic carbocycles. The van der Waals surface area contributed by atoms with E-state index in [9.17, 15) is 4.79 Å². The molecule has 0 unspecified atom stereocenters. The van der Waals surface area contributed by atoms with Gasteiger partial charge in [0.15, 0.2) is 5.13 Å². The Hall–Kier alpha value is -2.11. The van der Waals surface area contributed by atoms with Crippen LogP contribution in [-0.4, -0.2) is 11.0 Å². The van der Waals surface area contributed by atoms with Gasteiger partial charge < -0.3 is 5.32 Å². The Morgan fingerprint density at radius 2 is 2.00 bits per heavy atom. The second-order valence-electron chi connectivity index (χ2n) is 4.55. The number of amides is 2. The number of hydrogen-bond donors (Lipinski definition) is 2. The average molecular weight is 318 g/mol. The van der Waals surface area contributed by atoms with Crippen LogP contribution in [0.3, 0.4) is 0 Å². The molecule has 2 amide bonds. The number of fused-ring (bicyclic) bond motifs is 1. The lowest BCUT2D eigenvalue weighted by Crippen LogP contribution is -2.19. The van der Waals surface area contributed by atoms with Crippen LogP contribution in [0, 0.1) is 6.92 Å². The number of para-hydroxylation sites is 1. The van der Waals surface area contributed by atoms with Crippen molar-refractivity contribution < 1.29 is 4.79 Å². The number of hydrogen-bond acceptors (Lipinski definition) is 3. The van der Waals surface area contributed by atoms with Crippen LogP contribution in [0.5, 0.6) is 0 Å². The number of benzene rings is 2. The van der Waals surface area contributed by atoms with Crippen LogP contribution in [-0.2, 0) is 0 Å². The highest BCUT2D eigenvalue weighted by atomic mass is 35.5. The summed E-state index contributed by atoms with van der Waals surface area (Å²) in [7, 11) is 0. The van der Waals surface area contributed by atoms with Gasteiger partial charge in [-0.3, -0.25) is 5.32 Å². The van der Waals surface area contributed by atoms with Crippen molar-refractivity contribution in [2.75, 3.05) is 10.6 Å². The topological polar surface area (TPSA) is 54.0 Å². The number of nitrogens with zero attached hydrogens (tertiary/aromatic N) is 1. The molecule has 0 aliphatic carbocycles. The number of nitrogens with one attached hydrogen (secondary N) is 2. The summed E-state index contributed by atoms with van der Waals surface area (Å²) in [5.74, 6) is 0. The first kappa shape index (κ1) is 13.9. The minimum Gasteiger partial charge on any atom is -0.306 e. The molecule has 3 rings (SSSR count). The van der Waals surface area contributed by atoms with E-state index >= 15 is 0 Å². The van der Waals surface area contributed by atoms with E-state index < -0.39 is 0 Å². The van der Waals surface area contributed by atoms with Crippen LogP contribution in [0.1, 0.15) is 5.56 Å². The summed E-state index contributed by atoms with van der Waals surface area (Å²) in [4.78, 5) is 16.3. The van der Waals surface area contributed by atoms with Gasteiger partial charge in [-0.1, -0.05) is 41.1 Å². The van der Waals surface area contributed by atoms with Crippen LogP contribution in [0.2, 0.25) is 5.02 Å². The highest BCUT2D eigenvalue weighted by Gasteiger charge is 2.09. The van der Waals surface area contributed by atoms with E-state index in [-0.39, 0.29) is 6.03 Å². The molecule has 106 valence electrons. The summed E-state index contributed by atoms with van der Waals surface area (Å²) in [5.41, 5.74) is 2.60. The standard InChI is InChI=1S/C15H12ClN3OS/c1-9-6-7-12-13(8-9)21-15(18-12)19-14(20)17-11-5-3-2-4-10(11)16/h2-8H,1H3,(H2,17,18,19,20). The van der Waals surface area contributed by atoms with Gasteiger partial charge in [0.2, 0.25) is 0 Å². The van der Waals surface area contributed by atoms with Crippen LogP contribution >= 0.6 is 22.9 Å². The number of urea groups is 1. The predicted octanol–water partition coefficient (Wildman–Crippen LogP) is 4.90. The molecule has 4 nitrogen and oxygen atoms in total. The molecule has 0 bridgehead atoms. The van der Waals surface area contributed by atoms with Crippen LogP contribution < -0.4 is 10.6 Å². The molecular formula is C15H12ClN3OS. The van der Waals surface area contributed by atoms with Crippen molar-refractivity contribution in [2.45, 2.75) is 6.92 Å². The lowest BCUT2D eigenvalue weighted by atomic mass is 10.2. The molecule has 0 atom stereocenters. The first-order chi connectivity index (χ1) is 10.1. The summed E-state index contributed by atoms with van der Waals surface area (Å²) in [6, 6.07) is 12.7.